The van der Waals surface area contributed by atoms with E-state index in [0.717, 1.165) is 12.8 Å². The fraction of sp³-hybridized carbons (Fsp3) is 0.556. The molecule has 4 heteroatoms. The second-order valence-electron chi connectivity index (χ2n) is 8.69. The van der Waals surface area contributed by atoms with Crippen molar-refractivity contribution in [1.29, 1.82) is 0 Å². The standard InChI is InChI=1S/C27H38O4/c1-2-3-4-5-6-7-8-9-10-11-12-13-14-17-21-26(29)22(28)20-25-27(21)31-24-19-16-15-18-23(24)30-25/h15-16,18-20,28-29H,2-14,17H2,1H3. The molecule has 3 rings (SSSR count). The Morgan fingerprint density at radius 3 is 1.74 bits per heavy atom. The Morgan fingerprint density at radius 2 is 1.16 bits per heavy atom. The van der Waals surface area contributed by atoms with E-state index in [9.17, 15) is 10.2 Å². The topological polar surface area (TPSA) is 58.9 Å². The molecular formula is C27H38O4. The monoisotopic (exact) mass is 426 g/mol. The normalized spacial score (nSPS) is 12.0. The quantitative estimate of drug-likeness (QED) is 0.200. The molecule has 0 amide bonds. The van der Waals surface area contributed by atoms with Crippen LogP contribution < -0.4 is 9.47 Å². The van der Waals surface area contributed by atoms with Crippen LogP contribution in [0, 0.1) is 0 Å². The highest BCUT2D eigenvalue weighted by Crippen LogP contribution is 2.52. The molecule has 0 fully saturated rings. The molecule has 170 valence electrons. The predicted molar refractivity (Wildman–Crippen MR) is 126 cm³/mol. The zero-order chi connectivity index (χ0) is 21.9. The number of fused-ring (bicyclic) bond motifs is 2. The van der Waals surface area contributed by atoms with Crippen molar-refractivity contribution in [2.24, 2.45) is 0 Å². The smallest absolute Gasteiger partial charge is 0.177 e. The van der Waals surface area contributed by atoms with E-state index in [2.05, 4.69) is 6.92 Å². The Kier molecular flexibility index (Phi) is 9.39. The summed E-state index contributed by atoms with van der Waals surface area (Å²) in [5.41, 5.74) is 0.632. The van der Waals surface area contributed by atoms with Crippen molar-refractivity contribution in [3.05, 3.63) is 35.9 Å². The average molecular weight is 427 g/mol. The lowest BCUT2D eigenvalue weighted by Gasteiger charge is -2.23. The molecule has 2 aromatic carbocycles. The molecule has 0 aliphatic carbocycles. The van der Waals surface area contributed by atoms with Crippen LogP contribution >= 0.6 is 0 Å². The van der Waals surface area contributed by atoms with Gasteiger partial charge in [0.25, 0.3) is 0 Å². The van der Waals surface area contributed by atoms with Gasteiger partial charge in [0.05, 0.1) is 0 Å². The summed E-state index contributed by atoms with van der Waals surface area (Å²) in [4.78, 5) is 0. The number of phenols is 2. The van der Waals surface area contributed by atoms with Gasteiger partial charge in [-0.1, -0.05) is 96.1 Å². The number of para-hydroxylation sites is 2. The molecule has 0 saturated carbocycles. The zero-order valence-corrected chi connectivity index (χ0v) is 19.0. The fourth-order valence-electron chi connectivity index (χ4n) is 4.26. The number of ether oxygens (including phenoxy) is 2. The maximum absolute atomic E-state index is 10.4. The Morgan fingerprint density at radius 1 is 0.645 bits per heavy atom. The van der Waals surface area contributed by atoms with Gasteiger partial charge in [-0.25, -0.2) is 0 Å². The highest BCUT2D eigenvalue weighted by molar-refractivity contribution is 5.64. The highest BCUT2D eigenvalue weighted by atomic mass is 16.6. The SMILES string of the molecule is CCCCCCCCCCCCCCCc1c(O)c(O)cc2c1Oc1ccccc1O2. The van der Waals surface area contributed by atoms with Crippen molar-refractivity contribution < 1.29 is 19.7 Å². The van der Waals surface area contributed by atoms with Crippen molar-refractivity contribution in [1.82, 2.24) is 0 Å². The van der Waals surface area contributed by atoms with E-state index in [1.807, 2.05) is 24.3 Å². The van der Waals surface area contributed by atoms with E-state index in [4.69, 9.17) is 9.47 Å². The number of phenolic OH excluding ortho intramolecular Hbond substituents is 2. The van der Waals surface area contributed by atoms with Gasteiger partial charge >= 0.3 is 0 Å². The molecule has 4 nitrogen and oxygen atoms in total. The maximum atomic E-state index is 10.4. The first-order valence-electron chi connectivity index (χ1n) is 12.2. The number of aromatic hydroxyl groups is 2. The fourth-order valence-corrected chi connectivity index (χ4v) is 4.26. The first kappa shape index (κ1) is 23.3. The van der Waals surface area contributed by atoms with E-state index in [0.29, 0.717) is 35.0 Å². The van der Waals surface area contributed by atoms with Crippen LogP contribution in [0.25, 0.3) is 0 Å². The summed E-state index contributed by atoms with van der Waals surface area (Å²) < 4.78 is 11.9. The Hall–Kier alpha value is -2.36. The number of hydrogen-bond donors (Lipinski definition) is 2. The summed E-state index contributed by atoms with van der Waals surface area (Å²) in [6.07, 6.45) is 17.5. The zero-order valence-electron chi connectivity index (χ0n) is 19.0. The van der Waals surface area contributed by atoms with Crippen LogP contribution in [0.3, 0.4) is 0 Å². The van der Waals surface area contributed by atoms with Crippen LogP contribution in [0.1, 0.15) is 96.0 Å². The van der Waals surface area contributed by atoms with Crippen LogP contribution in [0.4, 0.5) is 0 Å². The molecule has 0 bridgehead atoms. The maximum Gasteiger partial charge on any atom is 0.177 e. The van der Waals surface area contributed by atoms with Crippen molar-refractivity contribution in [3.63, 3.8) is 0 Å². The largest absolute Gasteiger partial charge is 0.504 e. The molecule has 1 heterocycles. The number of hydrogen-bond acceptors (Lipinski definition) is 4. The summed E-state index contributed by atoms with van der Waals surface area (Å²) in [6, 6.07) is 8.86. The molecule has 0 saturated heterocycles. The van der Waals surface area contributed by atoms with Gasteiger partial charge in [-0.15, -0.1) is 0 Å². The van der Waals surface area contributed by atoms with Crippen LogP contribution in [-0.2, 0) is 6.42 Å². The van der Waals surface area contributed by atoms with Crippen LogP contribution in [0.5, 0.6) is 34.5 Å². The molecule has 1 aliphatic heterocycles. The Bertz CT molecular complexity index is 815. The van der Waals surface area contributed by atoms with Gasteiger partial charge in [0, 0.05) is 11.6 Å². The minimum atomic E-state index is -0.161. The van der Waals surface area contributed by atoms with E-state index in [1.54, 1.807) is 0 Å². The molecule has 0 unspecified atom stereocenters. The lowest BCUT2D eigenvalue weighted by Crippen LogP contribution is -2.02. The first-order chi connectivity index (χ1) is 15.2. The molecule has 2 aromatic rings. The summed E-state index contributed by atoms with van der Waals surface area (Å²) in [5.74, 6) is 1.97. The van der Waals surface area contributed by atoms with Gasteiger partial charge < -0.3 is 19.7 Å². The Labute approximate surface area is 187 Å². The second kappa shape index (κ2) is 12.5. The molecule has 0 radical (unpaired) electrons. The molecule has 31 heavy (non-hydrogen) atoms. The van der Waals surface area contributed by atoms with Crippen molar-refractivity contribution in [3.8, 4) is 34.5 Å². The third-order valence-electron chi connectivity index (χ3n) is 6.11. The predicted octanol–water partition coefficient (Wildman–Crippen LogP) is 8.63. The lowest BCUT2D eigenvalue weighted by atomic mass is 10.0. The van der Waals surface area contributed by atoms with Gasteiger partial charge in [-0.05, 0) is 25.0 Å². The summed E-state index contributed by atoms with van der Waals surface area (Å²) in [6.45, 7) is 2.27. The van der Waals surface area contributed by atoms with Gasteiger partial charge in [-0.3, -0.25) is 0 Å². The molecule has 0 spiro atoms. The second-order valence-corrected chi connectivity index (χ2v) is 8.69. The van der Waals surface area contributed by atoms with Crippen molar-refractivity contribution in [2.45, 2.75) is 96.8 Å². The van der Waals surface area contributed by atoms with Gasteiger partial charge in [0.1, 0.15) is 0 Å². The molecule has 2 N–H and O–H groups in total. The minimum absolute atomic E-state index is 0.0966. The van der Waals surface area contributed by atoms with Crippen LogP contribution in [0.2, 0.25) is 0 Å². The lowest BCUT2D eigenvalue weighted by molar-refractivity contribution is 0.340. The van der Waals surface area contributed by atoms with Crippen LogP contribution in [0.15, 0.2) is 30.3 Å². The van der Waals surface area contributed by atoms with Crippen molar-refractivity contribution in [2.75, 3.05) is 0 Å². The van der Waals surface area contributed by atoms with Gasteiger partial charge in [-0.2, -0.15) is 0 Å². The van der Waals surface area contributed by atoms with E-state index in [-0.39, 0.29) is 11.5 Å². The molecule has 0 aromatic heterocycles. The molecular weight excluding hydrogens is 388 g/mol. The van der Waals surface area contributed by atoms with Gasteiger partial charge in [0.2, 0.25) is 0 Å². The molecule has 1 aliphatic rings. The summed E-state index contributed by atoms with van der Waals surface area (Å²) >= 11 is 0. The summed E-state index contributed by atoms with van der Waals surface area (Å²) in [7, 11) is 0. The minimum Gasteiger partial charge on any atom is -0.504 e. The van der Waals surface area contributed by atoms with E-state index >= 15 is 0 Å². The Balaban J connectivity index is 1.36. The van der Waals surface area contributed by atoms with Crippen molar-refractivity contribution >= 4 is 0 Å². The first-order valence-corrected chi connectivity index (χ1v) is 12.2. The average Bonchev–Trinajstić information content (AvgIpc) is 2.78. The third kappa shape index (κ3) is 6.81. The number of rotatable bonds is 14. The number of unbranched alkanes of at least 4 members (excludes halogenated alkanes) is 12. The van der Waals surface area contributed by atoms with E-state index in [1.165, 1.54) is 76.7 Å². The van der Waals surface area contributed by atoms with E-state index < -0.39 is 0 Å². The highest BCUT2D eigenvalue weighted by Gasteiger charge is 2.25. The summed E-state index contributed by atoms with van der Waals surface area (Å²) in [5, 5.41) is 20.5. The van der Waals surface area contributed by atoms with Crippen LogP contribution in [-0.4, -0.2) is 10.2 Å². The van der Waals surface area contributed by atoms with Gasteiger partial charge in [0.15, 0.2) is 34.5 Å². The molecule has 0 atom stereocenters. The third-order valence-corrected chi connectivity index (χ3v) is 6.11. The number of benzene rings is 2.